The Balaban J connectivity index is 2.12. The Bertz CT molecular complexity index is 478. The number of esters is 1. The van der Waals surface area contributed by atoms with E-state index < -0.39 is 0 Å². The molecule has 0 saturated carbocycles. The van der Waals surface area contributed by atoms with Crippen LogP contribution in [0.3, 0.4) is 0 Å². The Morgan fingerprint density at radius 2 is 2.00 bits per heavy atom. The van der Waals surface area contributed by atoms with Gasteiger partial charge in [-0.3, -0.25) is 4.79 Å². The summed E-state index contributed by atoms with van der Waals surface area (Å²) in [4.78, 5) is 11.9. The molecule has 0 spiro atoms. The van der Waals surface area contributed by atoms with E-state index in [-0.39, 0.29) is 11.9 Å². The summed E-state index contributed by atoms with van der Waals surface area (Å²) in [5, 5.41) is 0. The lowest BCUT2D eigenvalue weighted by Crippen LogP contribution is -2.18. The maximum Gasteiger partial charge on any atom is 0.323 e. The number of hydrogen-bond donors (Lipinski definition) is 0. The molecular weight excluding hydrogens is 430 g/mol. The highest BCUT2D eigenvalue weighted by molar-refractivity contribution is 14.1. The monoisotopic (exact) mass is 438 g/mol. The fourth-order valence-electron chi connectivity index (χ4n) is 1.34. The zero-order chi connectivity index (χ0) is 11.5. The molecule has 0 saturated heterocycles. The van der Waals surface area contributed by atoms with E-state index in [4.69, 9.17) is 4.74 Å². The highest BCUT2D eigenvalue weighted by Crippen LogP contribution is 2.28. The predicted molar refractivity (Wildman–Crippen MR) is 79.5 cm³/mol. The van der Waals surface area contributed by atoms with Gasteiger partial charge in [-0.2, -0.15) is 0 Å². The average Bonchev–Trinajstić information content (AvgIpc) is 2.68. The van der Waals surface area contributed by atoms with Gasteiger partial charge in [-0.25, -0.2) is 0 Å². The summed E-state index contributed by atoms with van der Waals surface area (Å²) < 4.78 is 7.29. The molecule has 0 N–H and O–H groups in total. The van der Waals surface area contributed by atoms with Crippen molar-refractivity contribution < 1.29 is 9.53 Å². The SMILES string of the molecule is O=C(Oc1ccccc1I)C1C=CC=C1I. The number of halogens is 2. The molecule has 0 radical (unpaired) electrons. The molecule has 1 atom stereocenters. The zero-order valence-corrected chi connectivity index (χ0v) is 12.5. The molecule has 0 heterocycles. The molecule has 0 fully saturated rings. The summed E-state index contributed by atoms with van der Waals surface area (Å²) in [6, 6.07) is 7.48. The third-order valence-electron chi connectivity index (χ3n) is 2.16. The molecule has 1 unspecified atom stereocenters. The van der Waals surface area contributed by atoms with E-state index in [9.17, 15) is 4.79 Å². The highest BCUT2D eigenvalue weighted by Gasteiger charge is 2.23. The van der Waals surface area contributed by atoms with Crippen LogP contribution in [0, 0.1) is 9.49 Å². The van der Waals surface area contributed by atoms with Gasteiger partial charge in [0.25, 0.3) is 0 Å². The number of para-hydroxylation sites is 1. The fraction of sp³-hybridized carbons (Fsp3) is 0.0833. The molecule has 2 rings (SSSR count). The van der Waals surface area contributed by atoms with E-state index in [1.165, 1.54) is 0 Å². The summed E-state index contributed by atoms with van der Waals surface area (Å²) >= 11 is 4.31. The maximum atomic E-state index is 11.9. The van der Waals surface area contributed by atoms with Crippen LogP contribution in [-0.4, -0.2) is 5.97 Å². The first-order valence-electron chi connectivity index (χ1n) is 4.68. The summed E-state index contributed by atoms with van der Waals surface area (Å²) in [6.07, 6.45) is 5.64. The minimum atomic E-state index is -0.239. The Kier molecular flexibility index (Phi) is 4.01. The molecule has 82 valence electrons. The van der Waals surface area contributed by atoms with E-state index in [0.29, 0.717) is 5.75 Å². The number of allylic oxidation sites excluding steroid dienone is 2. The normalized spacial score (nSPS) is 18.4. The second-order valence-corrected chi connectivity index (χ2v) is 5.67. The first-order chi connectivity index (χ1) is 7.68. The van der Waals surface area contributed by atoms with Crippen molar-refractivity contribution in [2.45, 2.75) is 0 Å². The standard InChI is InChI=1S/C12H8I2O2/c13-9-6-3-4-8(9)12(15)16-11-7-2-1-5-10(11)14/h1-8H. The van der Waals surface area contributed by atoms with Crippen LogP contribution in [0.4, 0.5) is 0 Å². The second kappa shape index (κ2) is 5.31. The van der Waals surface area contributed by atoms with E-state index >= 15 is 0 Å². The molecule has 1 aliphatic rings. The van der Waals surface area contributed by atoms with Gasteiger partial charge in [-0.15, -0.1) is 0 Å². The van der Waals surface area contributed by atoms with Crippen LogP contribution in [0.2, 0.25) is 0 Å². The van der Waals surface area contributed by atoms with Gasteiger partial charge in [-0.1, -0.05) is 30.4 Å². The predicted octanol–water partition coefficient (Wildman–Crippen LogP) is 3.70. The van der Waals surface area contributed by atoms with Gasteiger partial charge >= 0.3 is 5.97 Å². The zero-order valence-electron chi connectivity index (χ0n) is 8.19. The number of carbonyl (C=O) groups excluding carboxylic acids is 1. The van der Waals surface area contributed by atoms with Gasteiger partial charge in [0.15, 0.2) is 0 Å². The second-order valence-electron chi connectivity index (χ2n) is 3.27. The van der Waals surface area contributed by atoms with E-state index in [2.05, 4.69) is 45.2 Å². The number of hydrogen-bond acceptors (Lipinski definition) is 2. The molecule has 2 nitrogen and oxygen atoms in total. The van der Waals surface area contributed by atoms with Gasteiger partial charge in [0.2, 0.25) is 0 Å². The van der Waals surface area contributed by atoms with Gasteiger partial charge in [0.05, 0.1) is 3.57 Å². The first-order valence-corrected chi connectivity index (χ1v) is 6.84. The fourth-order valence-corrected chi connectivity index (χ4v) is 2.51. The van der Waals surface area contributed by atoms with Gasteiger partial charge in [0, 0.05) is 3.58 Å². The van der Waals surface area contributed by atoms with Crippen molar-refractivity contribution in [3.05, 3.63) is 49.6 Å². The third-order valence-corrected chi connectivity index (χ3v) is 4.08. The van der Waals surface area contributed by atoms with Crippen molar-refractivity contribution in [2.75, 3.05) is 0 Å². The number of benzene rings is 1. The average molecular weight is 438 g/mol. The summed E-state index contributed by atoms with van der Waals surface area (Å²) in [6.45, 7) is 0. The Morgan fingerprint density at radius 3 is 2.62 bits per heavy atom. The highest BCUT2D eigenvalue weighted by atomic mass is 127. The molecule has 0 aliphatic heterocycles. The van der Waals surface area contributed by atoms with Crippen molar-refractivity contribution in [2.24, 2.45) is 5.92 Å². The maximum absolute atomic E-state index is 11.9. The van der Waals surface area contributed by atoms with Crippen molar-refractivity contribution in [3.8, 4) is 5.75 Å². The minimum absolute atomic E-state index is 0.224. The van der Waals surface area contributed by atoms with E-state index in [0.717, 1.165) is 7.15 Å². The minimum Gasteiger partial charge on any atom is -0.425 e. The largest absolute Gasteiger partial charge is 0.425 e. The van der Waals surface area contributed by atoms with Crippen LogP contribution >= 0.6 is 45.2 Å². The van der Waals surface area contributed by atoms with Gasteiger partial charge < -0.3 is 4.74 Å². The van der Waals surface area contributed by atoms with Crippen LogP contribution in [0.15, 0.2) is 46.1 Å². The molecule has 1 aromatic rings. The van der Waals surface area contributed by atoms with Crippen molar-refractivity contribution >= 4 is 51.2 Å². The van der Waals surface area contributed by atoms with Crippen LogP contribution in [0.1, 0.15) is 0 Å². The smallest absolute Gasteiger partial charge is 0.323 e. The lowest BCUT2D eigenvalue weighted by molar-refractivity contribution is -0.136. The molecule has 1 aromatic carbocycles. The van der Waals surface area contributed by atoms with Crippen molar-refractivity contribution in [1.29, 1.82) is 0 Å². The van der Waals surface area contributed by atoms with E-state index in [1.807, 2.05) is 36.4 Å². The van der Waals surface area contributed by atoms with Crippen LogP contribution in [-0.2, 0) is 4.79 Å². The van der Waals surface area contributed by atoms with Gasteiger partial charge in [-0.05, 0) is 57.3 Å². The first kappa shape index (κ1) is 12.1. The molecule has 4 heteroatoms. The Hall–Kier alpha value is -0.370. The van der Waals surface area contributed by atoms with Crippen molar-refractivity contribution in [3.63, 3.8) is 0 Å². The number of rotatable bonds is 2. The number of carbonyl (C=O) groups is 1. The summed E-state index contributed by atoms with van der Waals surface area (Å²) in [5.74, 6) is 0.160. The Morgan fingerprint density at radius 1 is 1.25 bits per heavy atom. The lowest BCUT2D eigenvalue weighted by Gasteiger charge is -2.10. The lowest BCUT2D eigenvalue weighted by atomic mass is 10.2. The van der Waals surface area contributed by atoms with Crippen LogP contribution in [0.25, 0.3) is 0 Å². The van der Waals surface area contributed by atoms with E-state index in [1.54, 1.807) is 6.07 Å². The molecule has 0 amide bonds. The molecule has 0 bridgehead atoms. The quantitative estimate of drug-likeness (QED) is 0.400. The topological polar surface area (TPSA) is 26.3 Å². The molecule has 0 aromatic heterocycles. The molecular formula is C12H8I2O2. The van der Waals surface area contributed by atoms with Gasteiger partial charge in [0.1, 0.15) is 11.7 Å². The van der Waals surface area contributed by atoms with Crippen LogP contribution in [0.5, 0.6) is 5.75 Å². The third kappa shape index (κ3) is 2.65. The molecule has 16 heavy (non-hydrogen) atoms. The Labute approximate surface area is 121 Å². The van der Waals surface area contributed by atoms with Crippen LogP contribution < -0.4 is 4.74 Å². The summed E-state index contributed by atoms with van der Waals surface area (Å²) in [7, 11) is 0. The molecule has 1 aliphatic carbocycles. The summed E-state index contributed by atoms with van der Waals surface area (Å²) in [5.41, 5.74) is 0. The number of ether oxygens (including phenoxy) is 1. The van der Waals surface area contributed by atoms with Crippen molar-refractivity contribution in [1.82, 2.24) is 0 Å².